The van der Waals surface area contributed by atoms with E-state index in [1.807, 2.05) is 11.4 Å². The van der Waals surface area contributed by atoms with E-state index in [0.29, 0.717) is 6.42 Å². The molecule has 1 aliphatic rings. The Labute approximate surface area is 139 Å². The van der Waals surface area contributed by atoms with Crippen molar-refractivity contribution in [3.63, 3.8) is 0 Å². The molecule has 0 spiro atoms. The smallest absolute Gasteiger partial charge is 0.226 e. The second kappa shape index (κ2) is 7.85. The monoisotopic (exact) mass is 335 g/mol. The fourth-order valence-corrected chi connectivity index (χ4v) is 4.08. The maximum Gasteiger partial charge on any atom is 0.226 e. The number of nitrogens with one attached hydrogen (secondary N) is 1. The van der Waals surface area contributed by atoms with Crippen LogP contribution in [0.3, 0.4) is 0 Å². The molecule has 118 valence electrons. The van der Waals surface area contributed by atoms with E-state index >= 15 is 0 Å². The van der Waals surface area contributed by atoms with Gasteiger partial charge in [-0.1, -0.05) is 12.5 Å². The van der Waals surface area contributed by atoms with Crippen molar-refractivity contribution in [3.05, 3.63) is 33.5 Å². The highest BCUT2D eigenvalue weighted by Crippen LogP contribution is 2.19. The number of nitrogens with zero attached hydrogens (tertiary/aromatic N) is 2. The summed E-state index contributed by atoms with van der Waals surface area (Å²) in [6.07, 6.45) is 5.24. The van der Waals surface area contributed by atoms with Crippen LogP contribution in [0.1, 0.15) is 36.3 Å². The molecular weight excluding hydrogens is 314 g/mol. The first-order valence-electron chi connectivity index (χ1n) is 7.78. The Morgan fingerprint density at radius 1 is 1.27 bits per heavy atom. The van der Waals surface area contributed by atoms with E-state index in [1.165, 1.54) is 48.6 Å². The minimum absolute atomic E-state index is 0.0484. The number of aromatic nitrogens is 1. The first-order chi connectivity index (χ1) is 10.8. The molecule has 2 aromatic rings. The third-order valence-electron chi connectivity index (χ3n) is 3.81. The van der Waals surface area contributed by atoms with Crippen molar-refractivity contribution in [1.82, 2.24) is 9.88 Å². The second-order valence-electron chi connectivity index (χ2n) is 5.61. The lowest BCUT2D eigenvalue weighted by molar-refractivity contribution is -0.116. The van der Waals surface area contributed by atoms with Crippen LogP contribution in [0.5, 0.6) is 0 Å². The molecule has 0 aliphatic carbocycles. The quantitative estimate of drug-likeness (QED) is 0.874. The molecule has 2 aromatic heterocycles. The summed E-state index contributed by atoms with van der Waals surface area (Å²) in [6.45, 7) is 3.24. The largest absolute Gasteiger partial charge is 0.302 e. The van der Waals surface area contributed by atoms with Gasteiger partial charge < -0.3 is 5.32 Å². The Hall–Kier alpha value is -1.24. The average Bonchev–Trinajstić information content (AvgIpc) is 3.18. The number of anilines is 1. The highest BCUT2D eigenvalue weighted by molar-refractivity contribution is 7.14. The van der Waals surface area contributed by atoms with Crippen molar-refractivity contribution < 1.29 is 4.79 Å². The van der Waals surface area contributed by atoms with E-state index < -0.39 is 0 Å². The summed E-state index contributed by atoms with van der Waals surface area (Å²) in [4.78, 5) is 20.2. The van der Waals surface area contributed by atoms with Gasteiger partial charge in [-0.15, -0.1) is 22.7 Å². The molecule has 1 N–H and O–H groups in total. The number of rotatable bonds is 6. The predicted octanol–water partition coefficient (Wildman–Crippen LogP) is 3.76. The number of amides is 1. The topological polar surface area (TPSA) is 45.2 Å². The summed E-state index contributed by atoms with van der Waals surface area (Å²) in [7, 11) is 0. The van der Waals surface area contributed by atoms with Gasteiger partial charge in [0, 0.05) is 23.2 Å². The molecule has 0 radical (unpaired) electrons. The van der Waals surface area contributed by atoms with E-state index in [0.717, 1.165) is 23.8 Å². The number of carbonyl (C=O) groups excluding carboxylic acids is 1. The van der Waals surface area contributed by atoms with Gasteiger partial charge in [-0.2, -0.15) is 0 Å². The zero-order valence-electron chi connectivity index (χ0n) is 12.6. The Balaban J connectivity index is 1.45. The van der Waals surface area contributed by atoms with Crippen molar-refractivity contribution in [2.75, 3.05) is 18.4 Å². The number of thiophene rings is 1. The van der Waals surface area contributed by atoms with Gasteiger partial charge in [-0.05, 0) is 43.8 Å². The second-order valence-corrected chi connectivity index (χ2v) is 7.50. The van der Waals surface area contributed by atoms with E-state index in [9.17, 15) is 4.79 Å². The van der Waals surface area contributed by atoms with Crippen molar-refractivity contribution in [2.45, 2.75) is 38.6 Å². The molecule has 3 heterocycles. The summed E-state index contributed by atoms with van der Waals surface area (Å²) < 4.78 is 0. The lowest BCUT2D eigenvalue weighted by Gasteiger charge is -2.25. The number of hydrogen-bond acceptors (Lipinski definition) is 5. The molecule has 0 atom stereocenters. The van der Waals surface area contributed by atoms with E-state index in [-0.39, 0.29) is 5.91 Å². The highest BCUT2D eigenvalue weighted by atomic mass is 32.1. The van der Waals surface area contributed by atoms with Crippen LogP contribution in [0.4, 0.5) is 5.13 Å². The Kier molecular flexibility index (Phi) is 5.58. The fraction of sp³-hybridized carbons (Fsp3) is 0.500. The molecule has 0 saturated carbocycles. The Bertz CT molecular complexity index is 588. The van der Waals surface area contributed by atoms with Crippen LogP contribution in [0.2, 0.25) is 0 Å². The molecule has 4 nitrogen and oxygen atoms in total. The number of hydrogen-bond donors (Lipinski definition) is 1. The van der Waals surface area contributed by atoms with E-state index in [1.54, 1.807) is 11.3 Å². The van der Waals surface area contributed by atoms with Crippen LogP contribution < -0.4 is 5.32 Å². The summed E-state index contributed by atoms with van der Waals surface area (Å²) >= 11 is 3.22. The van der Waals surface area contributed by atoms with Gasteiger partial charge in [0.15, 0.2) is 5.13 Å². The van der Waals surface area contributed by atoms with Crippen LogP contribution >= 0.6 is 22.7 Å². The Morgan fingerprint density at radius 2 is 2.14 bits per heavy atom. The first-order valence-corrected chi connectivity index (χ1v) is 9.54. The third kappa shape index (κ3) is 4.63. The van der Waals surface area contributed by atoms with Gasteiger partial charge in [-0.25, -0.2) is 4.98 Å². The molecule has 6 heteroatoms. The maximum absolute atomic E-state index is 12.0. The Morgan fingerprint density at radius 3 is 2.91 bits per heavy atom. The molecule has 0 unspecified atom stereocenters. The first kappa shape index (κ1) is 15.6. The fourth-order valence-electron chi connectivity index (χ4n) is 2.66. The van der Waals surface area contributed by atoms with Gasteiger partial charge in [-0.3, -0.25) is 9.69 Å². The zero-order chi connectivity index (χ0) is 15.2. The number of aryl methyl sites for hydroxylation is 1. The minimum Gasteiger partial charge on any atom is -0.302 e. The molecule has 1 fully saturated rings. The van der Waals surface area contributed by atoms with Crippen molar-refractivity contribution in [2.24, 2.45) is 0 Å². The summed E-state index contributed by atoms with van der Waals surface area (Å²) in [6, 6.07) is 4.09. The van der Waals surface area contributed by atoms with Crippen LogP contribution in [-0.4, -0.2) is 28.9 Å². The average molecular weight is 335 g/mol. The molecule has 3 rings (SSSR count). The van der Waals surface area contributed by atoms with E-state index in [2.05, 4.69) is 26.6 Å². The minimum atomic E-state index is 0.0484. The van der Waals surface area contributed by atoms with Crippen LogP contribution in [-0.2, 0) is 17.8 Å². The molecular formula is C16H21N3OS2. The maximum atomic E-state index is 12.0. The SMILES string of the molecule is O=C(CCc1cccs1)Nc1nc(CN2CCCCC2)cs1. The van der Waals surface area contributed by atoms with Crippen molar-refractivity contribution in [1.29, 1.82) is 0 Å². The zero-order valence-corrected chi connectivity index (χ0v) is 14.2. The summed E-state index contributed by atoms with van der Waals surface area (Å²) in [5.41, 5.74) is 1.07. The van der Waals surface area contributed by atoms with Crippen molar-refractivity contribution >= 4 is 33.7 Å². The molecule has 0 aromatic carbocycles. The number of carbonyl (C=O) groups is 1. The van der Waals surface area contributed by atoms with Gasteiger partial charge in [0.05, 0.1) is 5.69 Å². The normalized spacial score (nSPS) is 15.8. The number of likely N-dealkylation sites (tertiary alicyclic amines) is 1. The van der Waals surface area contributed by atoms with Gasteiger partial charge in [0.1, 0.15) is 0 Å². The third-order valence-corrected chi connectivity index (χ3v) is 5.55. The molecule has 1 amide bonds. The van der Waals surface area contributed by atoms with Crippen LogP contribution in [0, 0.1) is 0 Å². The van der Waals surface area contributed by atoms with Gasteiger partial charge in [0.25, 0.3) is 0 Å². The standard InChI is InChI=1S/C16H21N3OS2/c20-15(7-6-14-5-4-10-21-14)18-16-17-13(12-22-16)11-19-8-2-1-3-9-19/h4-5,10,12H,1-3,6-9,11H2,(H,17,18,20). The van der Waals surface area contributed by atoms with Gasteiger partial charge >= 0.3 is 0 Å². The summed E-state index contributed by atoms with van der Waals surface area (Å²) in [5, 5.41) is 7.74. The molecule has 1 saturated heterocycles. The lowest BCUT2D eigenvalue weighted by Crippen LogP contribution is -2.29. The van der Waals surface area contributed by atoms with Crippen LogP contribution in [0.15, 0.2) is 22.9 Å². The molecule has 22 heavy (non-hydrogen) atoms. The predicted molar refractivity (Wildman–Crippen MR) is 92.5 cm³/mol. The van der Waals surface area contributed by atoms with Crippen LogP contribution in [0.25, 0.3) is 0 Å². The van der Waals surface area contributed by atoms with E-state index in [4.69, 9.17) is 0 Å². The summed E-state index contributed by atoms with van der Waals surface area (Å²) in [5.74, 6) is 0.0484. The molecule has 1 aliphatic heterocycles. The number of thiazole rings is 1. The van der Waals surface area contributed by atoms with Crippen molar-refractivity contribution in [3.8, 4) is 0 Å². The number of piperidine rings is 1. The highest BCUT2D eigenvalue weighted by Gasteiger charge is 2.13. The molecule has 0 bridgehead atoms. The lowest BCUT2D eigenvalue weighted by atomic mass is 10.1. The van der Waals surface area contributed by atoms with Gasteiger partial charge in [0.2, 0.25) is 5.91 Å².